The molecule has 0 bridgehead atoms. The molecule has 2 aromatic rings. The molecule has 0 atom stereocenters. The van der Waals surface area contributed by atoms with Gasteiger partial charge >= 0.3 is 0 Å². The van der Waals surface area contributed by atoms with E-state index in [0.717, 1.165) is 17.0 Å². The van der Waals surface area contributed by atoms with Gasteiger partial charge in [-0.1, -0.05) is 6.92 Å². The lowest BCUT2D eigenvalue weighted by atomic mass is 10.3. The summed E-state index contributed by atoms with van der Waals surface area (Å²) in [6.07, 6.45) is 1.66. The first-order chi connectivity index (χ1) is 9.83. The number of thiophene rings is 1. The van der Waals surface area contributed by atoms with Gasteiger partial charge in [0.05, 0.1) is 11.4 Å². The van der Waals surface area contributed by atoms with Gasteiger partial charge in [0, 0.05) is 24.7 Å². The first-order valence-corrected chi connectivity index (χ1v) is 8.96. The molecule has 0 aliphatic heterocycles. The number of anilines is 1. The number of hydrogen-bond donors (Lipinski definition) is 2. The molecule has 2 aromatic heterocycles. The minimum atomic E-state index is -3.56. The number of sulfonamides is 1. The van der Waals surface area contributed by atoms with Gasteiger partial charge in [0.1, 0.15) is 4.21 Å². The Morgan fingerprint density at radius 2 is 2.10 bits per heavy atom. The molecule has 0 unspecified atom stereocenters. The fourth-order valence-electron chi connectivity index (χ4n) is 1.93. The lowest BCUT2D eigenvalue weighted by Crippen LogP contribution is -2.12. The molecule has 2 heterocycles. The molecule has 0 aliphatic carbocycles. The number of aromatic nitrogens is 2. The van der Waals surface area contributed by atoms with Crippen LogP contribution in [-0.2, 0) is 23.6 Å². The van der Waals surface area contributed by atoms with Crippen LogP contribution in [0.5, 0.6) is 0 Å². The molecule has 2 rings (SSSR count). The van der Waals surface area contributed by atoms with Crippen LogP contribution in [0, 0.1) is 13.8 Å². The number of rotatable bonds is 6. The summed E-state index contributed by atoms with van der Waals surface area (Å²) in [6.45, 7) is 7.26. The van der Waals surface area contributed by atoms with Crippen LogP contribution in [0.15, 0.2) is 16.5 Å². The van der Waals surface area contributed by atoms with Crippen LogP contribution in [0.1, 0.15) is 23.1 Å². The Bertz CT molecular complexity index is 731. The summed E-state index contributed by atoms with van der Waals surface area (Å²) in [4.78, 5) is 1.04. The highest BCUT2D eigenvalue weighted by molar-refractivity contribution is 7.94. The van der Waals surface area contributed by atoms with E-state index in [4.69, 9.17) is 0 Å². The Hall–Kier alpha value is -1.38. The van der Waals surface area contributed by atoms with Gasteiger partial charge in [-0.3, -0.25) is 9.40 Å². The zero-order chi connectivity index (χ0) is 15.6. The predicted molar refractivity (Wildman–Crippen MR) is 85.2 cm³/mol. The predicted octanol–water partition coefficient (Wildman–Crippen LogP) is 2.01. The number of nitrogens with one attached hydrogen (secondary N) is 2. The van der Waals surface area contributed by atoms with Gasteiger partial charge in [-0.15, -0.1) is 11.3 Å². The van der Waals surface area contributed by atoms with Crippen LogP contribution >= 0.6 is 11.3 Å². The van der Waals surface area contributed by atoms with E-state index in [2.05, 4.69) is 15.1 Å². The third-order valence-corrected chi connectivity index (χ3v) is 6.13. The van der Waals surface area contributed by atoms with E-state index >= 15 is 0 Å². The fraction of sp³-hybridized carbons (Fsp3) is 0.462. The first kappa shape index (κ1) is 16.0. The van der Waals surface area contributed by atoms with Crippen molar-refractivity contribution in [3.05, 3.63) is 28.4 Å². The van der Waals surface area contributed by atoms with E-state index in [0.29, 0.717) is 22.1 Å². The summed E-state index contributed by atoms with van der Waals surface area (Å²) in [5.41, 5.74) is 2.16. The van der Waals surface area contributed by atoms with Crippen molar-refractivity contribution in [2.45, 2.75) is 31.5 Å². The summed E-state index contributed by atoms with van der Waals surface area (Å²) in [6, 6.07) is 1.71. The summed E-state index contributed by atoms with van der Waals surface area (Å²) >= 11 is 1.30. The highest BCUT2D eigenvalue weighted by atomic mass is 32.2. The van der Waals surface area contributed by atoms with Crippen molar-refractivity contribution in [2.24, 2.45) is 7.05 Å². The third kappa shape index (κ3) is 3.63. The van der Waals surface area contributed by atoms with Crippen LogP contribution in [0.3, 0.4) is 0 Å². The smallest absolute Gasteiger partial charge is 0.271 e. The Morgan fingerprint density at radius 3 is 2.67 bits per heavy atom. The Balaban J connectivity index is 2.25. The van der Waals surface area contributed by atoms with Crippen LogP contribution in [0.2, 0.25) is 0 Å². The number of aryl methyl sites for hydroxylation is 3. The molecular formula is C13H20N4O2S2. The second kappa shape index (κ2) is 6.17. The summed E-state index contributed by atoms with van der Waals surface area (Å²) in [5.74, 6) is 0. The van der Waals surface area contributed by atoms with Gasteiger partial charge < -0.3 is 5.32 Å². The van der Waals surface area contributed by atoms with Crippen LogP contribution in [-0.4, -0.2) is 24.7 Å². The third-order valence-electron chi connectivity index (χ3n) is 3.06. The maximum atomic E-state index is 12.4. The van der Waals surface area contributed by atoms with Crippen molar-refractivity contribution in [3.8, 4) is 0 Å². The molecule has 0 radical (unpaired) electrons. The zero-order valence-corrected chi connectivity index (χ0v) is 14.2. The minimum absolute atomic E-state index is 0.330. The highest BCUT2D eigenvalue weighted by Gasteiger charge is 2.20. The molecule has 0 spiro atoms. The van der Waals surface area contributed by atoms with Crippen LogP contribution in [0.4, 0.5) is 5.69 Å². The topological polar surface area (TPSA) is 76.0 Å². The Labute approximate surface area is 129 Å². The molecular weight excluding hydrogens is 308 g/mol. The quantitative estimate of drug-likeness (QED) is 0.850. The SMILES string of the molecule is CCNCc1sc(S(=O)(=O)Nc2cn(C)nc2C)cc1C. The molecule has 0 saturated carbocycles. The Morgan fingerprint density at radius 1 is 1.38 bits per heavy atom. The second-order valence-corrected chi connectivity index (χ2v) is 7.91. The van der Waals surface area contributed by atoms with Crippen molar-refractivity contribution < 1.29 is 8.42 Å². The average molecular weight is 328 g/mol. The van der Waals surface area contributed by atoms with Gasteiger partial charge in [0.15, 0.2) is 0 Å². The van der Waals surface area contributed by atoms with Crippen molar-refractivity contribution in [1.82, 2.24) is 15.1 Å². The minimum Gasteiger partial charge on any atom is -0.312 e. The van der Waals surface area contributed by atoms with Crippen molar-refractivity contribution in [1.29, 1.82) is 0 Å². The summed E-state index contributed by atoms with van der Waals surface area (Å²) < 4.78 is 29.4. The molecule has 2 N–H and O–H groups in total. The summed E-state index contributed by atoms with van der Waals surface area (Å²) in [5, 5.41) is 7.35. The normalized spacial score (nSPS) is 11.8. The molecule has 21 heavy (non-hydrogen) atoms. The lowest BCUT2D eigenvalue weighted by molar-refractivity contribution is 0.603. The van der Waals surface area contributed by atoms with Gasteiger partial charge in [-0.05, 0) is 32.0 Å². The van der Waals surface area contributed by atoms with Crippen LogP contribution in [0.25, 0.3) is 0 Å². The maximum Gasteiger partial charge on any atom is 0.271 e. The van der Waals surface area contributed by atoms with Gasteiger partial charge in [-0.2, -0.15) is 5.10 Å². The van der Waals surface area contributed by atoms with Crippen LogP contribution < -0.4 is 10.0 Å². The molecule has 0 aliphatic rings. The molecule has 0 amide bonds. The maximum absolute atomic E-state index is 12.4. The molecule has 116 valence electrons. The van der Waals surface area contributed by atoms with Gasteiger partial charge in [0.25, 0.3) is 10.0 Å². The first-order valence-electron chi connectivity index (χ1n) is 6.66. The molecule has 0 fully saturated rings. The molecule has 6 nitrogen and oxygen atoms in total. The van der Waals surface area contributed by atoms with Crippen molar-refractivity contribution in [2.75, 3.05) is 11.3 Å². The Kier molecular flexibility index (Phi) is 4.70. The largest absolute Gasteiger partial charge is 0.312 e. The summed E-state index contributed by atoms with van der Waals surface area (Å²) in [7, 11) is -1.80. The monoisotopic (exact) mass is 328 g/mol. The molecule has 8 heteroatoms. The van der Waals surface area contributed by atoms with E-state index in [1.807, 2.05) is 13.8 Å². The van der Waals surface area contributed by atoms with E-state index in [1.165, 1.54) is 11.3 Å². The molecule has 0 aromatic carbocycles. The second-order valence-electron chi connectivity index (χ2n) is 4.86. The van der Waals surface area contributed by atoms with Crippen molar-refractivity contribution in [3.63, 3.8) is 0 Å². The van der Waals surface area contributed by atoms with E-state index in [1.54, 1.807) is 30.9 Å². The number of nitrogens with zero attached hydrogens (tertiary/aromatic N) is 2. The average Bonchev–Trinajstić information content (AvgIpc) is 2.90. The highest BCUT2D eigenvalue weighted by Crippen LogP contribution is 2.28. The van der Waals surface area contributed by atoms with E-state index < -0.39 is 10.0 Å². The van der Waals surface area contributed by atoms with Gasteiger partial charge in [-0.25, -0.2) is 8.42 Å². The van der Waals surface area contributed by atoms with Gasteiger partial charge in [0.2, 0.25) is 0 Å². The standard InChI is InChI=1S/C13H20N4O2S2/c1-5-14-7-12-9(2)6-13(20-12)21(18,19)16-11-8-17(4)15-10(11)3/h6,8,14,16H,5,7H2,1-4H3. The molecule has 0 saturated heterocycles. The zero-order valence-electron chi connectivity index (χ0n) is 12.6. The van der Waals surface area contributed by atoms with Crippen molar-refractivity contribution >= 4 is 27.0 Å². The van der Waals surface area contributed by atoms with E-state index in [9.17, 15) is 8.42 Å². The lowest BCUT2D eigenvalue weighted by Gasteiger charge is -2.04. The van der Waals surface area contributed by atoms with E-state index in [-0.39, 0.29) is 0 Å². The fourth-order valence-corrected chi connectivity index (χ4v) is 4.59. The number of hydrogen-bond acceptors (Lipinski definition) is 5.